The van der Waals surface area contributed by atoms with E-state index in [0.29, 0.717) is 0 Å². The van der Waals surface area contributed by atoms with Crippen LogP contribution in [0.1, 0.15) is 44.7 Å². The summed E-state index contributed by atoms with van der Waals surface area (Å²) in [6.45, 7) is 4.37. The molecule has 0 saturated heterocycles. The molecule has 4 heteroatoms. The molecule has 90 valence electrons. The van der Waals surface area contributed by atoms with Crippen LogP contribution in [0.3, 0.4) is 0 Å². The van der Waals surface area contributed by atoms with Gasteiger partial charge in [0, 0.05) is 11.9 Å². The standard InChI is InChI=1S/C12H21N3S/c1-10-2-4-11(5-3-10)6-7-13-8-12-9-16-15-14-12/h9-11,13H,2-8H2,1H3. The summed E-state index contributed by atoms with van der Waals surface area (Å²) in [6.07, 6.45) is 7.05. The fourth-order valence-electron chi connectivity index (χ4n) is 2.40. The number of rotatable bonds is 5. The minimum absolute atomic E-state index is 0.875. The molecule has 0 aliphatic heterocycles. The first-order chi connectivity index (χ1) is 7.84. The Morgan fingerprint density at radius 3 is 2.88 bits per heavy atom. The van der Waals surface area contributed by atoms with Crippen LogP contribution in [-0.2, 0) is 6.54 Å². The van der Waals surface area contributed by atoms with Gasteiger partial charge in [0.25, 0.3) is 0 Å². The minimum Gasteiger partial charge on any atom is -0.311 e. The highest BCUT2D eigenvalue weighted by Gasteiger charge is 2.17. The first-order valence-electron chi connectivity index (χ1n) is 6.31. The van der Waals surface area contributed by atoms with Crippen molar-refractivity contribution in [1.29, 1.82) is 0 Å². The summed E-state index contributed by atoms with van der Waals surface area (Å²) >= 11 is 1.42. The highest BCUT2D eigenvalue weighted by Crippen LogP contribution is 2.29. The van der Waals surface area contributed by atoms with Crippen LogP contribution in [0.4, 0.5) is 0 Å². The maximum atomic E-state index is 4.02. The van der Waals surface area contributed by atoms with Crippen LogP contribution in [0, 0.1) is 11.8 Å². The maximum absolute atomic E-state index is 4.02. The first-order valence-corrected chi connectivity index (χ1v) is 7.15. The first kappa shape index (κ1) is 12.0. The molecule has 3 nitrogen and oxygen atoms in total. The summed E-state index contributed by atoms with van der Waals surface area (Å²) in [6, 6.07) is 0. The average Bonchev–Trinajstić information content (AvgIpc) is 2.80. The Balaban J connectivity index is 1.55. The second-order valence-corrected chi connectivity index (χ2v) is 5.60. The summed E-state index contributed by atoms with van der Waals surface area (Å²) in [5.74, 6) is 1.92. The smallest absolute Gasteiger partial charge is 0.0893 e. The van der Waals surface area contributed by atoms with Crippen LogP contribution < -0.4 is 5.32 Å². The van der Waals surface area contributed by atoms with Gasteiger partial charge in [-0.3, -0.25) is 0 Å². The quantitative estimate of drug-likeness (QED) is 0.803. The number of nitrogens with zero attached hydrogens (tertiary/aromatic N) is 2. The van der Waals surface area contributed by atoms with E-state index in [1.807, 2.05) is 5.38 Å². The van der Waals surface area contributed by atoms with Gasteiger partial charge in [-0.15, -0.1) is 5.10 Å². The van der Waals surface area contributed by atoms with E-state index >= 15 is 0 Å². The maximum Gasteiger partial charge on any atom is 0.0893 e. The molecule has 1 saturated carbocycles. The Labute approximate surface area is 102 Å². The summed E-state index contributed by atoms with van der Waals surface area (Å²) in [4.78, 5) is 0. The fourth-order valence-corrected chi connectivity index (χ4v) is 2.85. The zero-order valence-electron chi connectivity index (χ0n) is 9.98. The van der Waals surface area contributed by atoms with E-state index < -0.39 is 0 Å². The average molecular weight is 239 g/mol. The number of aromatic nitrogens is 2. The fraction of sp³-hybridized carbons (Fsp3) is 0.833. The van der Waals surface area contributed by atoms with Crippen molar-refractivity contribution in [3.8, 4) is 0 Å². The molecule has 1 N–H and O–H groups in total. The van der Waals surface area contributed by atoms with E-state index in [2.05, 4.69) is 21.8 Å². The third-order valence-corrected chi connectivity index (χ3v) is 4.13. The van der Waals surface area contributed by atoms with Gasteiger partial charge in [0.15, 0.2) is 0 Å². The molecular weight excluding hydrogens is 218 g/mol. The van der Waals surface area contributed by atoms with Crippen molar-refractivity contribution in [3.63, 3.8) is 0 Å². The van der Waals surface area contributed by atoms with Crippen molar-refractivity contribution < 1.29 is 0 Å². The summed E-state index contributed by atoms with van der Waals surface area (Å²) in [5, 5.41) is 9.48. The highest BCUT2D eigenvalue weighted by molar-refractivity contribution is 7.03. The molecule has 0 spiro atoms. The molecule has 1 aromatic heterocycles. The lowest BCUT2D eigenvalue weighted by Gasteiger charge is -2.26. The van der Waals surface area contributed by atoms with E-state index in [1.165, 1.54) is 43.6 Å². The van der Waals surface area contributed by atoms with E-state index in [-0.39, 0.29) is 0 Å². The summed E-state index contributed by atoms with van der Waals surface area (Å²) in [5.41, 5.74) is 1.07. The molecule has 16 heavy (non-hydrogen) atoms. The Morgan fingerprint density at radius 1 is 1.38 bits per heavy atom. The van der Waals surface area contributed by atoms with Gasteiger partial charge in [0.1, 0.15) is 0 Å². The number of hydrogen-bond acceptors (Lipinski definition) is 4. The number of hydrogen-bond donors (Lipinski definition) is 1. The van der Waals surface area contributed by atoms with Crippen molar-refractivity contribution in [2.45, 2.75) is 45.6 Å². The summed E-state index contributed by atoms with van der Waals surface area (Å²) in [7, 11) is 0. The van der Waals surface area contributed by atoms with Crippen LogP contribution in [-0.4, -0.2) is 16.1 Å². The predicted molar refractivity (Wildman–Crippen MR) is 67.4 cm³/mol. The van der Waals surface area contributed by atoms with E-state index in [9.17, 15) is 0 Å². The van der Waals surface area contributed by atoms with Gasteiger partial charge in [0.05, 0.1) is 5.69 Å². The third kappa shape index (κ3) is 3.83. The van der Waals surface area contributed by atoms with Gasteiger partial charge in [-0.2, -0.15) is 0 Å². The SMILES string of the molecule is CC1CCC(CCNCc2csnn2)CC1. The molecule has 0 amide bonds. The lowest BCUT2D eigenvalue weighted by molar-refractivity contribution is 0.275. The molecule has 1 aromatic rings. The van der Waals surface area contributed by atoms with Crippen molar-refractivity contribution >= 4 is 11.5 Å². The Morgan fingerprint density at radius 2 is 2.19 bits per heavy atom. The van der Waals surface area contributed by atoms with Crippen LogP contribution in [0.5, 0.6) is 0 Å². The normalized spacial score (nSPS) is 25.8. The Kier molecular flexibility index (Phi) is 4.72. The zero-order valence-corrected chi connectivity index (χ0v) is 10.8. The van der Waals surface area contributed by atoms with Crippen molar-refractivity contribution in [2.75, 3.05) is 6.54 Å². The Hall–Kier alpha value is -0.480. The van der Waals surface area contributed by atoms with Gasteiger partial charge in [-0.25, -0.2) is 0 Å². The van der Waals surface area contributed by atoms with E-state index in [1.54, 1.807) is 0 Å². The van der Waals surface area contributed by atoms with Crippen molar-refractivity contribution in [1.82, 2.24) is 14.9 Å². The van der Waals surface area contributed by atoms with E-state index in [4.69, 9.17) is 0 Å². The topological polar surface area (TPSA) is 37.8 Å². The molecule has 0 aromatic carbocycles. The van der Waals surface area contributed by atoms with Gasteiger partial charge in [-0.05, 0) is 36.3 Å². The zero-order chi connectivity index (χ0) is 11.2. The second-order valence-electron chi connectivity index (χ2n) is 4.99. The van der Waals surface area contributed by atoms with Crippen LogP contribution in [0.15, 0.2) is 5.38 Å². The predicted octanol–water partition coefficient (Wildman–Crippen LogP) is 2.84. The molecule has 2 rings (SSSR count). The minimum atomic E-state index is 0.875. The van der Waals surface area contributed by atoms with Crippen molar-refractivity contribution in [2.24, 2.45) is 11.8 Å². The van der Waals surface area contributed by atoms with E-state index in [0.717, 1.165) is 30.6 Å². The second kappa shape index (κ2) is 6.30. The van der Waals surface area contributed by atoms with Gasteiger partial charge in [0.2, 0.25) is 0 Å². The molecule has 1 fully saturated rings. The summed E-state index contributed by atoms with van der Waals surface area (Å²) < 4.78 is 3.85. The van der Waals surface area contributed by atoms with Crippen LogP contribution in [0.2, 0.25) is 0 Å². The molecule has 1 heterocycles. The van der Waals surface area contributed by atoms with Crippen LogP contribution in [0.25, 0.3) is 0 Å². The monoisotopic (exact) mass is 239 g/mol. The lowest BCUT2D eigenvalue weighted by atomic mass is 9.81. The molecule has 0 radical (unpaired) electrons. The molecule has 0 atom stereocenters. The molecule has 0 unspecified atom stereocenters. The largest absolute Gasteiger partial charge is 0.311 e. The number of nitrogens with one attached hydrogen (secondary N) is 1. The lowest BCUT2D eigenvalue weighted by Crippen LogP contribution is -2.20. The van der Waals surface area contributed by atoms with Gasteiger partial charge in [-0.1, -0.05) is 37.1 Å². The molecule has 0 bridgehead atoms. The highest BCUT2D eigenvalue weighted by atomic mass is 32.1. The van der Waals surface area contributed by atoms with Gasteiger partial charge >= 0.3 is 0 Å². The Bertz CT molecular complexity index is 278. The molecule has 1 aliphatic rings. The third-order valence-electron chi connectivity index (χ3n) is 3.58. The van der Waals surface area contributed by atoms with Crippen molar-refractivity contribution in [3.05, 3.63) is 11.1 Å². The van der Waals surface area contributed by atoms with Gasteiger partial charge < -0.3 is 5.32 Å². The van der Waals surface area contributed by atoms with Crippen LogP contribution >= 0.6 is 11.5 Å². The molecular formula is C12H21N3S. The molecule has 1 aliphatic carbocycles.